The van der Waals surface area contributed by atoms with Gasteiger partial charge >= 0.3 is 0 Å². The molecule has 0 bridgehead atoms. The second kappa shape index (κ2) is 4.17. The number of benzene rings is 2. The van der Waals surface area contributed by atoms with Crippen molar-refractivity contribution in [3.8, 4) is 5.75 Å². The average molecular weight is 205 g/mol. The van der Waals surface area contributed by atoms with Crippen molar-refractivity contribution < 1.29 is 9.13 Å². The SMILES string of the molecule is Nc1cc(OCCF)cc2ccccc12. The molecular weight excluding hydrogens is 193 g/mol. The summed E-state index contributed by atoms with van der Waals surface area (Å²) < 4.78 is 17.1. The van der Waals surface area contributed by atoms with Gasteiger partial charge in [0.05, 0.1) is 0 Å². The van der Waals surface area contributed by atoms with Gasteiger partial charge in [0.15, 0.2) is 0 Å². The van der Waals surface area contributed by atoms with Gasteiger partial charge in [0.25, 0.3) is 0 Å². The molecule has 2 nitrogen and oxygen atoms in total. The highest BCUT2D eigenvalue weighted by Crippen LogP contribution is 2.26. The van der Waals surface area contributed by atoms with Crippen molar-refractivity contribution in [2.45, 2.75) is 0 Å². The Morgan fingerprint density at radius 3 is 2.80 bits per heavy atom. The maximum atomic E-state index is 11.9. The summed E-state index contributed by atoms with van der Waals surface area (Å²) in [6.07, 6.45) is 0. The van der Waals surface area contributed by atoms with Gasteiger partial charge in [-0.25, -0.2) is 4.39 Å². The fourth-order valence-corrected chi connectivity index (χ4v) is 1.55. The number of anilines is 1. The summed E-state index contributed by atoms with van der Waals surface area (Å²) in [5, 5.41) is 2.00. The molecule has 0 radical (unpaired) electrons. The highest BCUT2D eigenvalue weighted by molar-refractivity contribution is 5.94. The molecule has 0 atom stereocenters. The normalized spacial score (nSPS) is 10.5. The van der Waals surface area contributed by atoms with Gasteiger partial charge in [0.1, 0.15) is 19.0 Å². The first-order valence-electron chi connectivity index (χ1n) is 4.78. The minimum absolute atomic E-state index is 0.0672. The van der Waals surface area contributed by atoms with Gasteiger partial charge in [0, 0.05) is 17.1 Å². The summed E-state index contributed by atoms with van der Waals surface area (Å²) in [4.78, 5) is 0. The summed E-state index contributed by atoms with van der Waals surface area (Å²) in [7, 11) is 0. The molecule has 0 fully saturated rings. The van der Waals surface area contributed by atoms with Gasteiger partial charge in [-0.2, -0.15) is 0 Å². The van der Waals surface area contributed by atoms with Crippen LogP contribution in [-0.2, 0) is 0 Å². The Bertz CT molecular complexity index is 470. The van der Waals surface area contributed by atoms with Crippen molar-refractivity contribution in [2.75, 3.05) is 19.0 Å². The predicted octanol–water partition coefficient (Wildman–Crippen LogP) is 2.77. The first-order chi connectivity index (χ1) is 7.31. The first kappa shape index (κ1) is 9.77. The van der Waals surface area contributed by atoms with Gasteiger partial charge in [-0.05, 0) is 11.5 Å². The fourth-order valence-electron chi connectivity index (χ4n) is 1.55. The lowest BCUT2D eigenvalue weighted by Gasteiger charge is -2.07. The maximum absolute atomic E-state index is 11.9. The quantitative estimate of drug-likeness (QED) is 0.782. The molecule has 0 saturated carbocycles. The van der Waals surface area contributed by atoms with Crippen molar-refractivity contribution in [3.63, 3.8) is 0 Å². The number of nitrogens with two attached hydrogens (primary N) is 1. The highest BCUT2D eigenvalue weighted by atomic mass is 19.1. The van der Waals surface area contributed by atoms with Crippen molar-refractivity contribution >= 4 is 16.5 Å². The maximum Gasteiger partial charge on any atom is 0.123 e. The monoisotopic (exact) mass is 205 g/mol. The zero-order chi connectivity index (χ0) is 10.7. The summed E-state index contributed by atoms with van der Waals surface area (Å²) in [5.41, 5.74) is 6.51. The number of hydrogen-bond acceptors (Lipinski definition) is 2. The molecule has 0 unspecified atom stereocenters. The largest absolute Gasteiger partial charge is 0.491 e. The van der Waals surface area contributed by atoms with E-state index >= 15 is 0 Å². The van der Waals surface area contributed by atoms with E-state index in [0.29, 0.717) is 11.4 Å². The Morgan fingerprint density at radius 1 is 1.20 bits per heavy atom. The van der Waals surface area contributed by atoms with E-state index in [-0.39, 0.29) is 6.61 Å². The Balaban J connectivity index is 2.43. The summed E-state index contributed by atoms with van der Waals surface area (Å²) in [6.45, 7) is -0.426. The third kappa shape index (κ3) is 2.01. The van der Waals surface area contributed by atoms with E-state index in [9.17, 15) is 4.39 Å². The van der Waals surface area contributed by atoms with Crippen LogP contribution >= 0.6 is 0 Å². The molecule has 2 rings (SSSR count). The second-order valence-electron chi connectivity index (χ2n) is 3.27. The topological polar surface area (TPSA) is 35.2 Å². The van der Waals surface area contributed by atoms with Gasteiger partial charge in [0.2, 0.25) is 0 Å². The molecule has 0 aromatic heterocycles. The average Bonchev–Trinajstić information content (AvgIpc) is 2.26. The summed E-state index contributed by atoms with van der Waals surface area (Å²) in [5.74, 6) is 0.615. The van der Waals surface area contributed by atoms with Gasteiger partial charge < -0.3 is 10.5 Å². The molecule has 0 aliphatic carbocycles. The molecule has 0 spiro atoms. The minimum Gasteiger partial charge on any atom is -0.491 e. The smallest absolute Gasteiger partial charge is 0.123 e. The number of alkyl halides is 1. The van der Waals surface area contributed by atoms with Crippen LogP contribution in [0.15, 0.2) is 36.4 Å². The van der Waals surface area contributed by atoms with E-state index in [1.165, 1.54) is 0 Å². The van der Waals surface area contributed by atoms with Crippen molar-refractivity contribution in [1.82, 2.24) is 0 Å². The third-order valence-electron chi connectivity index (χ3n) is 2.21. The fraction of sp³-hybridized carbons (Fsp3) is 0.167. The second-order valence-corrected chi connectivity index (χ2v) is 3.27. The molecule has 15 heavy (non-hydrogen) atoms. The van der Waals surface area contributed by atoms with Gasteiger partial charge in [-0.1, -0.05) is 24.3 Å². The zero-order valence-electron chi connectivity index (χ0n) is 8.24. The van der Waals surface area contributed by atoms with Crippen LogP contribution < -0.4 is 10.5 Å². The molecule has 2 N–H and O–H groups in total. The van der Waals surface area contributed by atoms with E-state index in [1.807, 2.05) is 30.3 Å². The molecule has 2 aromatic rings. The van der Waals surface area contributed by atoms with E-state index in [0.717, 1.165) is 10.8 Å². The van der Waals surface area contributed by atoms with Crippen LogP contribution in [0.2, 0.25) is 0 Å². The lowest BCUT2D eigenvalue weighted by molar-refractivity contribution is 0.273. The Kier molecular flexibility index (Phi) is 2.72. The van der Waals surface area contributed by atoms with E-state index < -0.39 is 6.67 Å². The van der Waals surface area contributed by atoms with Gasteiger partial charge in [-0.3, -0.25) is 0 Å². The van der Waals surface area contributed by atoms with Crippen LogP contribution in [0.5, 0.6) is 5.75 Å². The number of nitrogen functional groups attached to an aromatic ring is 1. The lowest BCUT2D eigenvalue weighted by Crippen LogP contribution is -1.99. The lowest BCUT2D eigenvalue weighted by atomic mass is 10.1. The Hall–Kier alpha value is -1.77. The van der Waals surface area contributed by atoms with Gasteiger partial charge in [-0.15, -0.1) is 0 Å². The Morgan fingerprint density at radius 2 is 2.00 bits per heavy atom. The Labute approximate surface area is 87.5 Å². The first-order valence-corrected chi connectivity index (χ1v) is 4.78. The standard InChI is InChI=1S/C12H12FNO/c13-5-6-15-10-7-9-3-1-2-4-11(9)12(14)8-10/h1-4,7-8H,5-6,14H2. The minimum atomic E-state index is -0.493. The van der Waals surface area contributed by atoms with Crippen molar-refractivity contribution in [2.24, 2.45) is 0 Å². The van der Waals surface area contributed by atoms with E-state index in [4.69, 9.17) is 10.5 Å². The molecular formula is C12H12FNO. The van der Waals surface area contributed by atoms with E-state index in [2.05, 4.69) is 0 Å². The van der Waals surface area contributed by atoms with Crippen molar-refractivity contribution in [3.05, 3.63) is 36.4 Å². The van der Waals surface area contributed by atoms with E-state index in [1.54, 1.807) is 6.07 Å². The number of fused-ring (bicyclic) bond motifs is 1. The number of ether oxygens (including phenoxy) is 1. The molecule has 78 valence electrons. The summed E-state index contributed by atoms with van der Waals surface area (Å²) in [6, 6.07) is 11.3. The number of halogens is 1. The molecule has 0 heterocycles. The highest BCUT2D eigenvalue weighted by Gasteiger charge is 2.01. The van der Waals surface area contributed by atoms with Crippen LogP contribution in [-0.4, -0.2) is 13.3 Å². The molecule has 3 heteroatoms. The molecule has 2 aromatic carbocycles. The number of hydrogen-bond donors (Lipinski definition) is 1. The molecule has 0 amide bonds. The van der Waals surface area contributed by atoms with Crippen LogP contribution in [0.25, 0.3) is 10.8 Å². The molecule has 0 saturated heterocycles. The molecule has 0 aliphatic heterocycles. The predicted molar refractivity (Wildman–Crippen MR) is 59.8 cm³/mol. The third-order valence-corrected chi connectivity index (χ3v) is 2.21. The van der Waals surface area contributed by atoms with Crippen LogP contribution in [0.3, 0.4) is 0 Å². The zero-order valence-corrected chi connectivity index (χ0v) is 8.24. The van der Waals surface area contributed by atoms with Crippen LogP contribution in [0.4, 0.5) is 10.1 Å². The van der Waals surface area contributed by atoms with Crippen molar-refractivity contribution in [1.29, 1.82) is 0 Å². The van der Waals surface area contributed by atoms with Crippen LogP contribution in [0, 0.1) is 0 Å². The summed E-state index contributed by atoms with van der Waals surface area (Å²) >= 11 is 0. The molecule has 0 aliphatic rings. The number of rotatable bonds is 3. The van der Waals surface area contributed by atoms with Crippen LogP contribution in [0.1, 0.15) is 0 Å².